The molecule has 1 heterocycles. The van der Waals surface area contributed by atoms with E-state index in [0.717, 1.165) is 42.6 Å². The van der Waals surface area contributed by atoms with Gasteiger partial charge in [-0.25, -0.2) is 0 Å². The van der Waals surface area contributed by atoms with Gasteiger partial charge >= 0.3 is 0 Å². The summed E-state index contributed by atoms with van der Waals surface area (Å²) in [6.07, 6.45) is 2.43. The summed E-state index contributed by atoms with van der Waals surface area (Å²) in [5.74, 6) is 0.725. The molecule has 1 aliphatic heterocycles. The zero-order chi connectivity index (χ0) is 21.3. The van der Waals surface area contributed by atoms with Crippen LogP contribution >= 0.6 is 0 Å². The number of nitrogen functional groups attached to an aromatic ring is 2. The van der Waals surface area contributed by atoms with Crippen LogP contribution in [0.4, 0.5) is 22.7 Å². The molecular formula is C22H33N5O2. The normalized spacial score (nSPS) is 14.5. The number of benzene rings is 2. The van der Waals surface area contributed by atoms with Crippen LogP contribution in [0.15, 0.2) is 53.9 Å². The average Bonchev–Trinajstić information content (AvgIpc) is 2.68. The molecule has 1 aliphatic rings. The third kappa shape index (κ3) is 8.29. The van der Waals surface area contributed by atoms with Gasteiger partial charge in [-0.1, -0.05) is 0 Å². The van der Waals surface area contributed by atoms with E-state index in [4.69, 9.17) is 11.5 Å². The van der Waals surface area contributed by atoms with Gasteiger partial charge in [-0.05, 0) is 88.1 Å². The number of anilines is 4. The Morgan fingerprint density at radius 1 is 1.00 bits per heavy atom. The third-order valence-electron chi connectivity index (χ3n) is 4.69. The molecule has 0 aromatic heterocycles. The van der Waals surface area contributed by atoms with E-state index in [9.17, 15) is 4.91 Å². The lowest BCUT2D eigenvalue weighted by Crippen LogP contribution is -2.35. The van der Waals surface area contributed by atoms with E-state index in [2.05, 4.69) is 32.5 Å². The Morgan fingerprint density at radius 2 is 1.52 bits per heavy atom. The maximum atomic E-state index is 9.35. The summed E-state index contributed by atoms with van der Waals surface area (Å²) in [5.41, 5.74) is 15.1. The van der Waals surface area contributed by atoms with Crippen LogP contribution < -0.4 is 21.7 Å². The highest BCUT2D eigenvalue weighted by Gasteiger charge is 2.19. The van der Waals surface area contributed by atoms with Crippen LogP contribution in [-0.2, 0) is 4.84 Å². The minimum atomic E-state index is -0.429. The highest BCUT2D eigenvalue weighted by Crippen LogP contribution is 2.24. The first-order valence-electron chi connectivity index (χ1n) is 9.97. The number of hydrogen-bond donors (Lipinski definition) is 3. The number of nitrogens with one attached hydrogen (secondary N) is 1. The first kappa shape index (κ1) is 22.3. The number of rotatable bonds is 5. The van der Waals surface area contributed by atoms with Crippen LogP contribution in [0.2, 0.25) is 0 Å². The van der Waals surface area contributed by atoms with E-state index < -0.39 is 5.60 Å². The van der Waals surface area contributed by atoms with Gasteiger partial charge in [0, 0.05) is 42.4 Å². The monoisotopic (exact) mass is 399 g/mol. The van der Waals surface area contributed by atoms with Gasteiger partial charge in [0.2, 0.25) is 0 Å². The lowest BCUT2D eigenvalue weighted by Gasteiger charge is -2.34. The molecule has 158 valence electrons. The summed E-state index contributed by atoms with van der Waals surface area (Å²) in [5, 5.41) is 5.77. The van der Waals surface area contributed by atoms with Gasteiger partial charge < -0.3 is 26.5 Å². The van der Waals surface area contributed by atoms with Crippen molar-refractivity contribution in [3.8, 4) is 0 Å². The van der Waals surface area contributed by atoms with Crippen molar-refractivity contribution in [2.24, 2.45) is 11.3 Å². The van der Waals surface area contributed by atoms with Crippen LogP contribution in [-0.4, -0.2) is 25.2 Å². The lowest BCUT2D eigenvalue weighted by molar-refractivity contribution is -0.00229. The minimum absolute atomic E-state index is 0.429. The number of hydrogen-bond acceptors (Lipinski definition) is 7. The summed E-state index contributed by atoms with van der Waals surface area (Å²) in [4.78, 5) is 16.1. The zero-order valence-corrected chi connectivity index (χ0v) is 17.6. The molecule has 7 nitrogen and oxygen atoms in total. The largest absolute Gasteiger partial charge is 0.399 e. The Bertz CT molecular complexity index is 733. The van der Waals surface area contributed by atoms with Crippen molar-refractivity contribution in [2.75, 3.05) is 41.3 Å². The Hall–Kier alpha value is -2.96. The molecule has 1 fully saturated rings. The van der Waals surface area contributed by atoms with Gasteiger partial charge in [0.1, 0.15) is 5.60 Å². The van der Waals surface area contributed by atoms with E-state index >= 15 is 0 Å². The molecule has 0 unspecified atom stereocenters. The predicted octanol–water partition coefficient (Wildman–Crippen LogP) is 4.66. The molecule has 2 aromatic carbocycles. The van der Waals surface area contributed by atoms with Gasteiger partial charge in [-0.2, -0.15) is 0 Å². The van der Waals surface area contributed by atoms with E-state index in [0.29, 0.717) is 0 Å². The highest BCUT2D eigenvalue weighted by molar-refractivity contribution is 5.53. The second-order valence-corrected chi connectivity index (χ2v) is 8.30. The SMILES string of the molecule is CC(C)(C)ON=O.Nc1ccc(NCC2CCN(c3ccc(N)cc3)CC2)cc1. The molecule has 1 saturated heterocycles. The van der Waals surface area contributed by atoms with Crippen molar-refractivity contribution in [3.05, 3.63) is 53.4 Å². The van der Waals surface area contributed by atoms with Crippen molar-refractivity contribution in [1.29, 1.82) is 0 Å². The molecule has 29 heavy (non-hydrogen) atoms. The Labute approximate surface area is 173 Å². The van der Waals surface area contributed by atoms with Crippen molar-refractivity contribution < 1.29 is 4.84 Å². The van der Waals surface area contributed by atoms with Crippen molar-refractivity contribution in [1.82, 2.24) is 0 Å². The standard InChI is InChI=1S/C18H24N4.C4H9NO2/c19-15-1-5-17(6-2-15)21-13-14-9-11-22(12-10-14)18-7-3-16(20)4-8-18;1-4(2,3)7-5-6/h1-8,14,21H,9-13,19-20H2;1-3H3. The van der Waals surface area contributed by atoms with Crippen LogP contribution in [0.1, 0.15) is 33.6 Å². The summed E-state index contributed by atoms with van der Waals surface area (Å²) in [6.45, 7) is 8.52. The Morgan fingerprint density at radius 3 is 1.97 bits per heavy atom. The fourth-order valence-electron chi connectivity index (χ4n) is 3.06. The van der Waals surface area contributed by atoms with Crippen LogP contribution in [0.3, 0.4) is 0 Å². The second-order valence-electron chi connectivity index (χ2n) is 8.30. The molecule has 0 saturated carbocycles. The molecule has 0 radical (unpaired) electrons. The number of nitrogens with two attached hydrogens (primary N) is 2. The molecule has 2 aromatic rings. The van der Waals surface area contributed by atoms with Gasteiger partial charge in [-0.3, -0.25) is 0 Å². The fourth-order valence-corrected chi connectivity index (χ4v) is 3.06. The topological polar surface area (TPSA) is 106 Å². The first-order chi connectivity index (χ1) is 13.8. The molecule has 0 amide bonds. The van der Waals surface area contributed by atoms with Crippen LogP contribution in [0, 0.1) is 10.8 Å². The second kappa shape index (κ2) is 10.5. The quantitative estimate of drug-likeness (QED) is 0.383. The zero-order valence-electron chi connectivity index (χ0n) is 17.6. The predicted molar refractivity (Wildman–Crippen MR) is 122 cm³/mol. The molecular weight excluding hydrogens is 366 g/mol. The van der Waals surface area contributed by atoms with Gasteiger partial charge in [-0.15, -0.1) is 4.91 Å². The van der Waals surface area contributed by atoms with E-state index in [1.165, 1.54) is 18.5 Å². The van der Waals surface area contributed by atoms with E-state index in [1.807, 2.05) is 36.4 Å². The maximum Gasteiger partial charge on any atom is 0.155 e. The number of nitrogens with zero attached hydrogens (tertiary/aromatic N) is 2. The van der Waals surface area contributed by atoms with Crippen LogP contribution in [0.25, 0.3) is 0 Å². The average molecular weight is 400 g/mol. The van der Waals surface area contributed by atoms with Crippen molar-refractivity contribution in [2.45, 2.75) is 39.2 Å². The Balaban J connectivity index is 0.000000370. The van der Waals surface area contributed by atoms with Crippen LogP contribution in [0.5, 0.6) is 0 Å². The van der Waals surface area contributed by atoms with Crippen molar-refractivity contribution >= 4 is 22.7 Å². The van der Waals surface area contributed by atoms with Gasteiger partial charge in [0.05, 0.1) is 0 Å². The molecule has 0 atom stereocenters. The minimum Gasteiger partial charge on any atom is -0.399 e. The molecule has 3 rings (SSSR count). The first-order valence-corrected chi connectivity index (χ1v) is 9.97. The summed E-state index contributed by atoms with van der Waals surface area (Å²) < 4.78 is 0. The fraction of sp³-hybridized carbons (Fsp3) is 0.455. The highest BCUT2D eigenvalue weighted by atomic mass is 16.7. The molecule has 5 N–H and O–H groups in total. The van der Waals surface area contributed by atoms with Gasteiger partial charge in [0.15, 0.2) is 5.34 Å². The Kier molecular flexibility index (Phi) is 8.12. The lowest BCUT2D eigenvalue weighted by atomic mass is 9.96. The molecule has 0 aliphatic carbocycles. The maximum absolute atomic E-state index is 9.35. The smallest absolute Gasteiger partial charge is 0.155 e. The summed E-state index contributed by atoms with van der Waals surface area (Å²) in [6, 6.07) is 16.1. The molecule has 0 bridgehead atoms. The summed E-state index contributed by atoms with van der Waals surface area (Å²) in [7, 11) is 0. The van der Waals surface area contributed by atoms with E-state index in [-0.39, 0.29) is 0 Å². The number of piperidine rings is 1. The van der Waals surface area contributed by atoms with Gasteiger partial charge in [0.25, 0.3) is 0 Å². The summed E-state index contributed by atoms with van der Waals surface area (Å²) >= 11 is 0. The molecule has 0 spiro atoms. The van der Waals surface area contributed by atoms with E-state index in [1.54, 1.807) is 20.8 Å². The molecule has 7 heteroatoms. The van der Waals surface area contributed by atoms with Crippen molar-refractivity contribution in [3.63, 3.8) is 0 Å². The third-order valence-corrected chi connectivity index (χ3v) is 4.69.